The number of halogens is 2. The van der Waals surface area contributed by atoms with E-state index in [2.05, 4.69) is 19.9 Å². The third kappa shape index (κ3) is 4.64. The Kier molecular flexibility index (Phi) is 6.61. The first kappa shape index (κ1) is 23.8. The molecule has 0 spiro atoms. The lowest BCUT2D eigenvalue weighted by molar-refractivity contribution is 0.0740. The molecule has 0 N–H and O–H groups in total. The molecule has 0 aliphatic carbocycles. The van der Waals surface area contributed by atoms with Crippen LogP contribution in [0.15, 0.2) is 61.2 Å². The van der Waals surface area contributed by atoms with Crippen molar-refractivity contribution in [1.29, 1.82) is 0 Å². The van der Waals surface area contributed by atoms with Crippen LogP contribution in [0.1, 0.15) is 21.6 Å². The van der Waals surface area contributed by atoms with Crippen molar-refractivity contribution in [2.45, 2.75) is 13.8 Å². The molecule has 182 valence electrons. The number of rotatable bonds is 4. The summed E-state index contributed by atoms with van der Waals surface area (Å²) >= 11 is 6.47. The summed E-state index contributed by atoms with van der Waals surface area (Å²) in [5.74, 6) is 0.282. The van der Waals surface area contributed by atoms with Crippen LogP contribution in [0.5, 0.6) is 0 Å². The molecule has 0 unspecified atom stereocenters. The molecule has 7 nitrogen and oxygen atoms in total. The fourth-order valence-corrected chi connectivity index (χ4v) is 4.45. The number of hydrogen-bond donors (Lipinski definition) is 0. The highest BCUT2D eigenvalue weighted by Gasteiger charge is 2.26. The van der Waals surface area contributed by atoms with E-state index in [1.807, 2.05) is 30.0 Å². The third-order valence-corrected chi connectivity index (χ3v) is 6.64. The lowest BCUT2D eigenvalue weighted by Gasteiger charge is -2.35. The van der Waals surface area contributed by atoms with Crippen LogP contribution in [0.25, 0.3) is 22.5 Å². The topological polar surface area (TPSA) is 75.1 Å². The highest BCUT2D eigenvalue weighted by atomic mass is 35.5. The van der Waals surface area contributed by atoms with E-state index >= 15 is 0 Å². The Labute approximate surface area is 213 Å². The maximum atomic E-state index is 14.4. The molecule has 1 saturated heterocycles. The molecule has 1 aliphatic rings. The number of aryl methyl sites for hydroxylation is 2. The largest absolute Gasteiger partial charge is 0.352 e. The number of carbonyl (C=O) groups excluding carboxylic acids is 1. The van der Waals surface area contributed by atoms with Crippen molar-refractivity contribution >= 4 is 23.3 Å². The summed E-state index contributed by atoms with van der Waals surface area (Å²) in [5.41, 5.74) is 4.25. The Bertz CT molecular complexity index is 1440. The number of nitrogens with zero attached hydrogens (tertiary/aromatic N) is 6. The van der Waals surface area contributed by atoms with Gasteiger partial charge in [-0.3, -0.25) is 19.7 Å². The summed E-state index contributed by atoms with van der Waals surface area (Å²) in [6.07, 6.45) is 6.51. The summed E-state index contributed by atoms with van der Waals surface area (Å²) < 4.78 is 14.4. The number of amides is 1. The molecule has 1 fully saturated rings. The number of anilines is 1. The molecule has 0 bridgehead atoms. The zero-order chi connectivity index (χ0) is 25.2. The molecule has 4 heterocycles. The van der Waals surface area contributed by atoms with Gasteiger partial charge in [0.15, 0.2) is 0 Å². The van der Waals surface area contributed by atoms with Gasteiger partial charge in [-0.1, -0.05) is 29.8 Å². The van der Waals surface area contributed by atoms with E-state index in [1.54, 1.807) is 43.8 Å². The summed E-state index contributed by atoms with van der Waals surface area (Å²) in [6.45, 7) is 5.86. The van der Waals surface area contributed by atoms with E-state index in [0.717, 1.165) is 5.56 Å². The summed E-state index contributed by atoms with van der Waals surface area (Å²) in [7, 11) is 0. The van der Waals surface area contributed by atoms with Crippen molar-refractivity contribution in [3.63, 3.8) is 0 Å². The molecule has 1 amide bonds. The number of piperazine rings is 1. The van der Waals surface area contributed by atoms with E-state index in [0.29, 0.717) is 70.8 Å². The minimum atomic E-state index is -0.311. The molecule has 3 aromatic heterocycles. The number of pyridine rings is 2. The van der Waals surface area contributed by atoms with E-state index < -0.39 is 0 Å². The average molecular weight is 503 g/mol. The first-order chi connectivity index (χ1) is 17.4. The minimum absolute atomic E-state index is 0.0696. The molecule has 36 heavy (non-hydrogen) atoms. The predicted octanol–water partition coefficient (Wildman–Crippen LogP) is 4.97. The van der Waals surface area contributed by atoms with Crippen LogP contribution in [0.4, 0.5) is 10.2 Å². The molecule has 9 heteroatoms. The van der Waals surface area contributed by atoms with Gasteiger partial charge in [0.05, 0.1) is 16.9 Å². The van der Waals surface area contributed by atoms with Gasteiger partial charge in [-0.25, -0.2) is 9.37 Å². The molecule has 0 atom stereocenters. The van der Waals surface area contributed by atoms with Crippen LogP contribution in [-0.4, -0.2) is 56.9 Å². The molecule has 1 aromatic carbocycles. The van der Waals surface area contributed by atoms with Gasteiger partial charge in [0.1, 0.15) is 23.0 Å². The monoisotopic (exact) mass is 502 g/mol. The second-order valence-corrected chi connectivity index (χ2v) is 9.10. The first-order valence-electron chi connectivity index (χ1n) is 11.6. The zero-order valence-corrected chi connectivity index (χ0v) is 20.7. The molecular formula is C27H24ClFN6O. The van der Waals surface area contributed by atoms with Crippen LogP contribution in [-0.2, 0) is 0 Å². The van der Waals surface area contributed by atoms with Gasteiger partial charge in [0.2, 0.25) is 0 Å². The summed E-state index contributed by atoms with van der Waals surface area (Å²) in [4.78, 5) is 34.8. The fourth-order valence-electron chi connectivity index (χ4n) is 4.24. The molecule has 0 saturated carbocycles. The second-order valence-electron chi connectivity index (χ2n) is 8.69. The second kappa shape index (κ2) is 9.99. The molecule has 1 aliphatic heterocycles. The molecule has 0 radical (unpaired) electrons. The van der Waals surface area contributed by atoms with Crippen LogP contribution < -0.4 is 4.90 Å². The molecule has 5 rings (SSSR count). The predicted molar refractivity (Wildman–Crippen MR) is 137 cm³/mol. The van der Waals surface area contributed by atoms with Crippen LogP contribution in [0.3, 0.4) is 0 Å². The van der Waals surface area contributed by atoms with Gasteiger partial charge in [0, 0.05) is 55.9 Å². The zero-order valence-electron chi connectivity index (χ0n) is 19.9. The Morgan fingerprint density at radius 3 is 2.47 bits per heavy atom. The van der Waals surface area contributed by atoms with Crippen molar-refractivity contribution in [1.82, 2.24) is 24.8 Å². The van der Waals surface area contributed by atoms with Crippen molar-refractivity contribution in [2.24, 2.45) is 0 Å². The van der Waals surface area contributed by atoms with Gasteiger partial charge in [-0.15, -0.1) is 0 Å². The maximum absolute atomic E-state index is 14.4. The highest BCUT2D eigenvalue weighted by molar-refractivity contribution is 6.33. The highest BCUT2D eigenvalue weighted by Crippen LogP contribution is 2.35. The Morgan fingerprint density at radius 2 is 1.75 bits per heavy atom. The third-order valence-electron chi connectivity index (χ3n) is 6.34. The fraction of sp³-hybridized carbons (Fsp3) is 0.222. The van der Waals surface area contributed by atoms with E-state index in [4.69, 9.17) is 16.6 Å². The summed E-state index contributed by atoms with van der Waals surface area (Å²) in [5, 5.41) is 0.430. The van der Waals surface area contributed by atoms with Gasteiger partial charge in [-0.2, -0.15) is 0 Å². The van der Waals surface area contributed by atoms with Crippen molar-refractivity contribution < 1.29 is 9.18 Å². The van der Waals surface area contributed by atoms with Crippen LogP contribution >= 0.6 is 11.6 Å². The van der Waals surface area contributed by atoms with Gasteiger partial charge < -0.3 is 9.80 Å². The molecule has 4 aromatic rings. The average Bonchev–Trinajstić information content (AvgIpc) is 2.90. The standard InChI is InChI=1S/C27H24ClFN6O/c1-17-5-6-19(14-22(17)29)25-26(20-7-9-30-15-21(20)28)33-23(16-32-25)34-10-12-35(13-11-34)27(36)24-18(2)4-3-8-31-24/h3-9,14-16H,10-13H2,1-2H3. The van der Waals surface area contributed by atoms with Crippen molar-refractivity contribution in [3.05, 3.63) is 88.8 Å². The normalized spacial score (nSPS) is 13.7. The SMILES string of the molecule is Cc1ccc(-c2ncc(N3CCN(C(=O)c4ncccc4C)CC3)nc2-c2ccncc2Cl)cc1F. The number of hydrogen-bond acceptors (Lipinski definition) is 6. The van der Waals surface area contributed by atoms with E-state index in [9.17, 15) is 9.18 Å². The lowest BCUT2D eigenvalue weighted by Crippen LogP contribution is -2.49. The quantitative estimate of drug-likeness (QED) is 0.392. The smallest absolute Gasteiger partial charge is 0.272 e. The van der Waals surface area contributed by atoms with E-state index in [-0.39, 0.29) is 11.7 Å². The van der Waals surface area contributed by atoms with Crippen LogP contribution in [0, 0.1) is 19.7 Å². The van der Waals surface area contributed by atoms with Crippen molar-refractivity contribution in [3.8, 4) is 22.5 Å². The first-order valence-corrected chi connectivity index (χ1v) is 12.0. The number of carbonyl (C=O) groups is 1. The van der Waals surface area contributed by atoms with Gasteiger partial charge >= 0.3 is 0 Å². The maximum Gasteiger partial charge on any atom is 0.272 e. The van der Waals surface area contributed by atoms with E-state index in [1.165, 1.54) is 6.07 Å². The van der Waals surface area contributed by atoms with Gasteiger partial charge in [0.25, 0.3) is 5.91 Å². The van der Waals surface area contributed by atoms with Crippen LogP contribution in [0.2, 0.25) is 5.02 Å². The Hall–Kier alpha value is -3.91. The van der Waals surface area contributed by atoms with Gasteiger partial charge in [-0.05, 0) is 43.2 Å². The Morgan fingerprint density at radius 1 is 0.944 bits per heavy atom. The summed E-state index contributed by atoms with van der Waals surface area (Å²) in [6, 6.07) is 10.5. The lowest BCUT2D eigenvalue weighted by atomic mass is 10.0. The number of aromatic nitrogens is 4. The van der Waals surface area contributed by atoms with Crippen molar-refractivity contribution in [2.75, 3.05) is 31.1 Å². The molecular weight excluding hydrogens is 479 g/mol. The minimum Gasteiger partial charge on any atom is -0.352 e. The Balaban J connectivity index is 1.44. The number of benzene rings is 1.